The fourth-order valence-corrected chi connectivity index (χ4v) is 1.74. The Bertz CT molecular complexity index is 609. The van der Waals surface area contributed by atoms with Crippen LogP contribution in [0.3, 0.4) is 0 Å². The molecule has 1 aromatic carbocycles. The van der Waals surface area contributed by atoms with Crippen LogP contribution in [0.2, 0.25) is 0 Å². The second-order valence-corrected chi connectivity index (χ2v) is 4.36. The third kappa shape index (κ3) is 3.20. The largest absolute Gasteiger partial charge is 0.477 e. The lowest BCUT2D eigenvalue weighted by Gasteiger charge is -2.12. The zero-order valence-electron chi connectivity index (χ0n) is 10.9. The summed E-state index contributed by atoms with van der Waals surface area (Å²) in [4.78, 5) is 26.5. The lowest BCUT2D eigenvalue weighted by molar-refractivity contribution is -0.117. The summed E-state index contributed by atoms with van der Waals surface area (Å²) in [5.74, 6) is -1.56. The van der Waals surface area contributed by atoms with Crippen molar-refractivity contribution in [3.05, 3.63) is 59.9 Å². The molecule has 1 amide bonds. The molecule has 2 aromatic rings. The van der Waals surface area contributed by atoms with Crippen molar-refractivity contribution >= 4 is 17.6 Å². The summed E-state index contributed by atoms with van der Waals surface area (Å²) in [6, 6.07) is 12.3. The number of nitrogens with one attached hydrogen (secondary N) is 1. The van der Waals surface area contributed by atoms with Gasteiger partial charge in [-0.1, -0.05) is 30.3 Å². The molecule has 0 spiro atoms. The molecule has 5 heteroatoms. The summed E-state index contributed by atoms with van der Waals surface area (Å²) >= 11 is 0. The van der Waals surface area contributed by atoms with E-state index in [2.05, 4.69) is 10.3 Å². The van der Waals surface area contributed by atoms with E-state index in [1.807, 2.05) is 37.3 Å². The molecule has 1 unspecified atom stereocenters. The Morgan fingerprint density at radius 1 is 1.15 bits per heavy atom. The van der Waals surface area contributed by atoms with Crippen LogP contribution >= 0.6 is 0 Å². The Hall–Kier alpha value is -2.69. The van der Waals surface area contributed by atoms with Gasteiger partial charge in [-0.2, -0.15) is 0 Å². The second kappa shape index (κ2) is 5.97. The number of carboxylic acids is 1. The molecule has 0 aliphatic carbocycles. The van der Waals surface area contributed by atoms with Crippen LogP contribution in [0, 0.1) is 0 Å². The van der Waals surface area contributed by atoms with Crippen molar-refractivity contribution in [3.63, 3.8) is 0 Å². The number of pyridine rings is 1. The van der Waals surface area contributed by atoms with Crippen LogP contribution in [0.15, 0.2) is 48.7 Å². The van der Waals surface area contributed by atoms with Gasteiger partial charge in [0.2, 0.25) is 5.91 Å². The first-order valence-corrected chi connectivity index (χ1v) is 6.13. The van der Waals surface area contributed by atoms with Gasteiger partial charge in [-0.3, -0.25) is 4.79 Å². The van der Waals surface area contributed by atoms with Crippen molar-refractivity contribution in [3.8, 4) is 0 Å². The van der Waals surface area contributed by atoms with E-state index in [-0.39, 0.29) is 17.5 Å². The summed E-state index contributed by atoms with van der Waals surface area (Å²) in [5, 5.41) is 11.5. The molecule has 0 radical (unpaired) electrons. The zero-order valence-corrected chi connectivity index (χ0v) is 10.9. The standard InChI is InChI=1S/C15H14N2O3/c1-10(11-5-3-2-4-6-11)14(18)17-12-7-8-13(15(19)20)16-9-12/h2-10H,1H3,(H,17,18)(H,19,20). The van der Waals surface area contributed by atoms with Crippen LogP contribution in [0.5, 0.6) is 0 Å². The zero-order chi connectivity index (χ0) is 14.5. The van der Waals surface area contributed by atoms with Crippen LogP contribution in [0.4, 0.5) is 5.69 Å². The smallest absolute Gasteiger partial charge is 0.354 e. The highest BCUT2D eigenvalue weighted by atomic mass is 16.4. The normalized spacial score (nSPS) is 11.7. The number of nitrogens with zero attached hydrogens (tertiary/aromatic N) is 1. The summed E-state index contributed by atoms with van der Waals surface area (Å²) in [6.45, 7) is 1.81. The van der Waals surface area contributed by atoms with Crippen molar-refractivity contribution in [2.45, 2.75) is 12.8 Å². The summed E-state index contributed by atoms with van der Waals surface area (Å²) in [5.41, 5.74) is 1.34. The van der Waals surface area contributed by atoms with Gasteiger partial charge < -0.3 is 10.4 Å². The van der Waals surface area contributed by atoms with Gasteiger partial charge in [0.05, 0.1) is 17.8 Å². The van der Waals surface area contributed by atoms with Crippen molar-refractivity contribution in [2.24, 2.45) is 0 Å². The number of aromatic nitrogens is 1. The average molecular weight is 270 g/mol. The molecule has 2 rings (SSSR count). The number of carbonyl (C=O) groups excluding carboxylic acids is 1. The third-order valence-corrected chi connectivity index (χ3v) is 2.94. The van der Waals surface area contributed by atoms with Gasteiger partial charge in [0.25, 0.3) is 0 Å². The fraction of sp³-hybridized carbons (Fsp3) is 0.133. The lowest BCUT2D eigenvalue weighted by Crippen LogP contribution is -2.19. The van der Waals surface area contributed by atoms with Crippen molar-refractivity contribution in [2.75, 3.05) is 5.32 Å². The first kappa shape index (κ1) is 13.7. The highest BCUT2D eigenvalue weighted by molar-refractivity contribution is 5.95. The molecule has 2 N–H and O–H groups in total. The molecule has 0 aliphatic heterocycles. The van der Waals surface area contributed by atoms with Crippen LogP contribution in [-0.4, -0.2) is 22.0 Å². The van der Waals surface area contributed by atoms with Crippen LogP contribution in [0.25, 0.3) is 0 Å². The maximum Gasteiger partial charge on any atom is 0.354 e. The van der Waals surface area contributed by atoms with Gasteiger partial charge in [0.15, 0.2) is 0 Å². The predicted octanol–water partition coefficient (Wildman–Crippen LogP) is 2.52. The molecule has 0 aliphatic rings. The molecule has 5 nitrogen and oxygen atoms in total. The minimum atomic E-state index is -1.10. The number of aromatic carboxylic acids is 1. The van der Waals surface area contributed by atoms with E-state index in [1.165, 1.54) is 18.3 Å². The maximum atomic E-state index is 12.1. The maximum absolute atomic E-state index is 12.1. The Morgan fingerprint density at radius 3 is 2.40 bits per heavy atom. The molecular formula is C15H14N2O3. The summed E-state index contributed by atoms with van der Waals surface area (Å²) < 4.78 is 0. The summed E-state index contributed by atoms with van der Waals surface area (Å²) in [7, 11) is 0. The molecule has 0 saturated carbocycles. The molecule has 20 heavy (non-hydrogen) atoms. The number of carbonyl (C=O) groups is 2. The van der Waals surface area contributed by atoms with Crippen LogP contribution in [-0.2, 0) is 4.79 Å². The Morgan fingerprint density at radius 2 is 1.85 bits per heavy atom. The molecule has 1 aromatic heterocycles. The van der Waals surface area contributed by atoms with Gasteiger partial charge in [0.1, 0.15) is 5.69 Å². The van der Waals surface area contributed by atoms with Gasteiger partial charge in [-0.15, -0.1) is 0 Å². The van der Waals surface area contributed by atoms with E-state index < -0.39 is 5.97 Å². The molecule has 0 bridgehead atoms. The van der Waals surface area contributed by atoms with Gasteiger partial charge >= 0.3 is 5.97 Å². The highest BCUT2D eigenvalue weighted by Crippen LogP contribution is 2.17. The molecule has 102 valence electrons. The Labute approximate surface area is 116 Å². The van der Waals surface area contributed by atoms with Gasteiger partial charge in [-0.25, -0.2) is 9.78 Å². The van der Waals surface area contributed by atoms with Gasteiger partial charge in [-0.05, 0) is 24.6 Å². The number of hydrogen-bond acceptors (Lipinski definition) is 3. The topological polar surface area (TPSA) is 79.3 Å². The van der Waals surface area contributed by atoms with Crippen molar-refractivity contribution < 1.29 is 14.7 Å². The molecule has 0 saturated heterocycles. The summed E-state index contributed by atoms with van der Waals surface area (Å²) in [6.07, 6.45) is 1.33. The molecule has 0 fully saturated rings. The van der Waals surface area contributed by atoms with E-state index in [0.29, 0.717) is 5.69 Å². The lowest BCUT2D eigenvalue weighted by atomic mass is 10.0. The van der Waals surface area contributed by atoms with E-state index in [0.717, 1.165) is 5.56 Å². The fourth-order valence-electron chi connectivity index (χ4n) is 1.74. The SMILES string of the molecule is CC(C(=O)Nc1ccc(C(=O)O)nc1)c1ccccc1. The van der Waals surface area contributed by atoms with E-state index >= 15 is 0 Å². The van der Waals surface area contributed by atoms with E-state index in [9.17, 15) is 9.59 Å². The quantitative estimate of drug-likeness (QED) is 0.894. The second-order valence-electron chi connectivity index (χ2n) is 4.36. The number of anilines is 1. The Balaban J connectivity index is 2.06. The first-order chi connectivity index (χ1) is 9.58. The van der Waals surface area contributed by atoms with Gasteiger partial charge in [0, 0.05) is 0 Å². The minimum absolute atomic E-state index is 0.0564. The minimum Gasteiger partial charge on any atom is -0.477 e. The van der Waals surface area contributed by atoms with Crippen molar-refractivity contribution in [1.29, 1.82) is 0 Å². The Kier molecular flexibility index (Phi) is 4.10. The highest BCUT2D eigenvalue weighted by Gasteiger charge is 2.15. The number of benzene rings is 1. The van der Waals surface area contributed by atoms with E-state index in [4.69, 9.17) is 5.11 Å². The molecular weight excluding hydrogens is 256 g/mol. The number of amides is 1. The predicted molar refractivity (Wildman–Crippen MR) is 74.7 cm³/mol. The van der Waals surface area contributed by atoms with Crippen LogP contribution in [0.1, 0.15) is 28.9 Å². The third-order valence-electron chi connectivity index (χ3n) is 2.94. The number of carboxylic acid groups (broad SMARTS) is 1. The van der Waals surface area contributed by atoms with Crippen molar-refractivity contribution in [1.82, 2.24) is 4.98 Å². The number of rotatable bonds is 4. The average Bonchev–Trinajstić information content (AvgIpc) is 2.48. The van der Waals surface area contributed by atoms with E-state index in [1.54, 1.807) is 0 Å². The van der Waals surface area contributed by atoms with Crippen LogP contribution < -0.4 is 5.32 Å². The molecule has 1 atom stereocenters. The number of hydrogen-bond donors (Lipinski definition) is 2. The first-order valence-electron chi connectivity index (χ1n) is 6.13. The molecule has 1 heterocycles. The monoisotopic (exact) mass is 270 g/mol.